The molecule has 0 aliphatic carbocycles. The van der Waals surface area contributed by atoms with Crippen LogP contribution in [0.5, 0.6) is 0 Å². The number of anilines is 1. The second-order valence-corrected chi connectivity index (χ2v) is 7.60. The fraction of sp³-hybridized carbons (Fsp3) is 0.583. The van der Waals surface area contributed by atoms with E-state index in [0.717, 1.165) is 32.5 Å². The summed E-state index contributed by atoms with van der Waals surface area (Å²) in [4.78, 5) is 6.26. The van der Waals surface area contributed by atoms with Gasteiger partial charge in [0.2, 0.25) is 10.0 Å². The number of hydrogen-bond acceptors (Lipinski definition) is 6. The number of sulfonamides is 1. The topological polar surface area (TPSA) is 100 Å². The van der Waals surface area contributed by atoms with Crippen LogP contribution in [0.15, 0.2) is 21.6 Å². The van der Waals surface area contributed by atoms with Crippen LogP contribution in [0.2, 0.25) is 0 Å². The molecule has 0 radical (unpaired) electrons. The van der Waals surface area contributed by atoms with E-state index in [9.17, 15) is 8.42 Å². The fourth-order valence-electron chi connectivity index (χ4n) is 2.46. The Bertz CT molecular complexity index is 595. The highest BCUT2D eigenvalue weighted by Gasteiger charge is 2.27. The van der Waals surface area contributed by atoms with Crippen molar-refractivity contribution in [3.05, 3.63) is 16.7 Å². The Morgan fingerprint density at radius 2 is 2.33 bits per heavy atom. The molecule has 21 heavy (non-hydrogen) atoms. The monoisotopic (exact) mass is 377 g/mol. The molecule has 1 aromatic rings. The smallest absolute Gasteiger partial charge is 0.244 e. The first-order valence-corrected chi connectivity index (χ1v) is 9.10. The van der Waals surface area contributed by atoms with Gasteiger partial charge in [-0.15, -0.1) is 0 Å². The second kappa shape index (κ2) is 7.01. The molecule has 4 N–H and O–H groups in total. The van der Waals surface area contributed by atoms with Crippen molar-refractivity contribution < 1.29 is 8.42 Å². The number of rotatable bonds is 5. The molecule has 2 rings (SSSR count). The van der Waals surface area contributed by atoms with Crippen molar-refractivity contribution >= 4 is 31.8 Å². The Balaban J connectivity index is 2.20. The molecule has 1 aromatic heterocycles. The number of piperidine rings is 1. The van der Waals surface area contributed by atoms with Gasteiger partial charge in [-0.1, -0.05) is 6.92 Å². The highest BCUT2D eigenvalue weighted by molar-refractivity contribution is 9.10. The Hall–Kier alpha value is -0.740. The third kappa shape index (κ3) is 4.13. The summed E-state index contributed by atoms with van der Waals surface area (Å²) in [7, 11) is -3.67. The van der Waals surface area contributed by atoms with Crippen molar-refractivity contribution in [3.63, 3.8) is 0 Å². The summed E-state index contributed by atoms with van der Waals surface area (Å²) in [6.07, 6.45) is 3.32. The number of hydrogen-bond donors (Lipinski definition) is 3. The molecule has 7 nitrogen and oxygen atoms in total. The van der Waals surface area contributed by atoms with Gasteiger partial charge in [-0.3, -0.25) is 0 Å². The van der Waals surface area contributed by atoms with Crippen LogP contribution in [-0.2, 0) is 10.0 Å². The van der Waals surface area contributed by atoms with Gasteiger partial charge in [0.25, 0.3) is 0 Å². The van der Waals surface area contributed by atoms with E-state index in [4.69, 9.17) is 5.84 Å². The SMILES string of the molecule is CCN1CCCC(NS(=O)(=O)c2cc(Br)cnc2NN)C1. The number of nitrogen functional groups attached to an aromatic ring is 1. The molecular formula is C12H20BrN5O2S. The first-order chi connectivity index (χ1) is 9.96. The van der Waals surface area contributed by atoms with Gasteiger partial charge in [0.15, 0.2) is 5.82 Å². The van der Waals surface area contributed by atoms with E-state index in [0.29, 0.717) is 4.47 Å². The Labute approximate surface area is 133 Å². The number of aromatic nitrogens is 1. The van der Waals surface area contributed by atoms with Crippen LogP contribution >= 0.6 is 15.9 Å². The highest BCUT2D eigenvalue weighted by Crippen LogP contribution is 2.23. The van der Waals surface area contributed by atoms with E-state index in [1.54, 1.807) is 0 Å². The maximum atomic E-state index is 12.5. The van der Waals surface area contributed by atoms with E-state index in [1.807, 2.05) is 0 Å². The van der Waals surface area contributed by atoms with Crippen molar-refractivity contribution in [2.24, 2.45) is 5.84 Å². The lowest BCUT2D eigenvalue weighted by atomic mass is 10.1. The number of hydrazine groups is 1. The summed E-state index contributed by atoms with van der Waals surface area (Å²) in [6.45, 7) is 4.74. The largest absolute Gasteiger partial charge is 0.307 e. The lowest BCUT2D eigenvalue weighted by Gasteiger charge is -2.32. The van der Waals surface area contributed by atoms with Crippen LogP contribution in [0.4, 0.5) is 5.82 Å². The van der Waals surface area contributed by atoms with E-state index in [1.165, 1.54) is 12.3 Å². The third-order valence-electron chi connectivity index (χ3n) is 3.52. The van der Waals surface area contributed by atoms with E-state index in [-0.39, 0.29) is 16.8 Å². The van der Waals surface area contributed by atoms with Crippen LogP contribution in [0.1, 0.15) is 19.8 Å². The summed E-state index contributed by atoms with van der Waals surface area (Å²) < 4.78 is 28.4. The lowest BCUT2D eigenvalue weighted by molar-refractivity contribution is 0.211. The maximum absolute atomic E-state index is 12.5. The minimum absolute atomic E-state index is 0.0491. The number of pyridine rings is 1. The number of likely N-dealkylation sites (tertiary alicyclic amines) is 1. The van der Waals surface area contributed by atoms with E-state index in [2.05, 4.69) is 42.9 Å². The van der Waals surface area contributed by atoms with Crippen LogP contribution in [0.25, 0.3) is 0 Å². The molecule has 1 unspecified atom stereocenters. The molecule has 0 bridgehead atoms. The first kappa shape index (κ1) is 16.6. The van der Waals surface area contributed by atoms with Crippen molar-refractivity contribution in [1.29, 1.82) is 0 Å². The lowest BCUT2D eigenvalue weighted by Crippen LogP contribution is -2.47. The van der Waals surface area contributed by atoms with Gasteiger partial charge in [-0.2, -0.15) is 0 Å². The van der Waals surface area contributed by atoms with E-state index >= 15 is 0 Å². The van der Waals surface area contributed by atoms with Gasteiger partial charge < -0.3 is 10.3 Å². The Morgan fingerprint density at radius 3 is 3.00 bits per heavy atom. The minimum Gasteiger partial charge on any atom is -0.307 e. The molecule has 9 heteroatoms. The number of halogens is 1. The molecule has 0 amide bonds. The van der Waals surface area contributed by atoms with Gasteiger partial charge in [0.05, 0.1) is 0 Å². The predicted molar refractivity (Wildman–Crippen MR) is 85.2 cm³/mol. The first-order valence-electron chi connectivity index (χ1n) is 6.83. The highest BCUT2D eigenvalue weighted by atomic mass is 79.9. The molecule has 1 aliphatic heterocycles. The number of nitrogens with two attached hydrogens (primary N) is 1. The van der Waals surface area contributed by atoms with Crippen molar-refractivity contribution in [2.75, 3.05) is 25.1 Å². The third-order valence-corrected chi connectivity index (χ3v) is 5.49. The molecule has 2 heterocycles. The molecule has 118 valence electrons. The summed E-state index contributed by atoms with van der Waals surface area (Å²) in [5.41, 5.74) is 2.32. The molecule has 1 saturated heterocycles. The van der Waals surface area contributed by atoms with Crippen LogP contribution in [0.3, 0.4) is 0 Å². The molecule has 1 aliphatic rings. The fourth-order valence-corrected chi connectivity index (χ4v) is 4.35. The summed E-state index contributed by atoms with van der Waals surface area (Å²) >= 11 is 3.23. The Morgan fingerprint density at radius 1 is 1.57 bits per heavy atom. The van der Waals surface area contributed by atoms with Crippen LogP contribution in [0, 0.1) is 0 Å². The minimum atomic E-state index is -3.67. The molecule has 1 atom stereocenters. The average molecular weight is 378 g/mol. The summed E-state index contributed by atoms with van der Waals surface area (Å²) in [5.74, 6) is 5.48. The summed E-state index contributed by atoms with van der Waals surface area (Å²) in [5, 5.41) is 0. The zero-order chi connectivity index (χ0) is 15.5. The van der Waals surface area contributed by atoms with Crippen molar-refractivity contribution in [1.82, 2.24) is 14.6 Å². The number of nitrogens with one attached hydrogen (secondary N) is 2. The quantitative estimate of drug-likeness (QED) is 0.520. The molecule has 1 fully saturated rings. The number of nitrogens with zero attached hydrogens (tertiary/aromatic N) is 2. The van der Waals surface area contributed by atoms with Crippen LogP contribution < -0.4 is 16.0 Å². The van der Waals surface area contributed by atoms with Crippen molar-refractivity contribution in [3.8, 4) is 0 Å². The van der Waals surface area contributed by atoms with Gasteiger partial charge in [0.1, 0.15) is 4.90 Å². The normalized spacial score (nSPS) is 20.4. The maximum Gasteiger partial charge on any atom is 0.244 e. The van der Waals surface area contributed by atoms with Gasteiger partial charge in [-0.25, -0.2) is 24.0 Å². The van der Waals surface area contributed by atoms with Gasteiger partial charge in [0, 0.05) is 23.3 Å². The van der Waals surface area contributed by atoms with Gasteiger partial charge >= 0.3 is 0 Å². The Kier molecular flexibility index (Phi) is 5.55. The molecule has 0 aromatic carbocycles. The zero-order valence-electron chi connectivity index (χ0n) is 11.8. The molecule has 0 saturated carbocycles. The molecule has 0 spiro atoms. The standard InChI is InChI=1S/C12H20BrN5O2S/c1-2-18-5-3-4-10(8-18)17-21(19,20)11-6-9(13)7-15-12(11)16-14/h6-7,10,17H,2-5,8,14H2,1H3,(H,15,16). The molecular weight excluding hydrogens is 358 g/mol. The van der Waals surface area contributed by atoms with Crippen molar-refractivity contribution in [2.45, 2.75) is 30.7 Å². The van der Waals surface area contributed by atoms with Crippen LogP contribution in [-0.4, -0.2) is 44.0 Å². The average Bonchev–Trinajstić information content (AvgIpc) is 2.47. The zero-order valence-corrected chi connectivity index (χ0v) is 14.2. The predicted octanol–water partition coefficient (Wildman–Crippen LogP) is 0.892. The summed E-state index contributed by atoms with van der Waals surface area (Å²) in [6, 6.07) is 1.40. The second-order valence-electron chi connectivity index (χ2n) is 5.00. The van der Waals surface area contributed by atoms with E-state index < -0.39 is 10.0 Å². The number of likely N-dealkylation sites (N-methyl/N-ethyl adjacent to an activating group) is 1. The van der Waals surface area contributed by atoms with Gasteiger partial charge in [-0.05, 0) is 47.9 Å².